The van der Waals surface area contributed by atoms with Crippen LogP contribution in [0.5, 0.6) is 0 Å². The maximum Gasteiger partial charge on any atom is 0.408 e. The number of alkyl halides is 1. The number of halogens is 1. The fraction of sp³-hybridized carbons (Fsp3) is 0.286. The summed E-state index contributed by atoms with van der Waals surface area (Å²) in [6.45, 7) is 0.285. The van der Waals surface area contributed by atoms with Gasteiger partial charge in [0, 0.05) is 6.42 Å². The normalized spacial score (nSPS) is 12.5. The Morgan fingerprint density at radius 3 is 2.07 bits per heavy atom. The molecule has 0 aliphatic rings. The number of alkyl carbamates (subject to hydrolysis) is 1. The quantitative estimate of drug-likeness (QED) is 0.694. The number of hydrogen-bond donors (Lipinski definition) is 2. The Labute approximate surface area is 163 Å². The second kappa shape index (κ2) is 10.8. The van der Waals surface area contributed by atoms with Crippen molar-refractivity contribution in [3.05, 3.63) is 71.8 Å². The van der Waals surface area contributed by atoms with Gasteiger partial charge in [0.15, 0.2) is 5.78 Å². The first-order valence-corrected chi connectivity index (χ1v) is 8.89. The molecular formula is C21H23FN2O4. The predicted molar refractivity (Wildman–Crippen MR) is 102 cm³/mol. The van der Waals surface area contributed by atoms with E-state index in [9.17, 15) is 18.8 Å². The molecular weight excluding hydrogens is 363 g/mol. The zero-order valence-corrected chi connectivity index (χ0v) is 15.6. The number of ether oxygens (including phenoxy) is 1. The number of ketones is 1. The van der Waals surface area contributed by atoms with Crippen LogP contribution < -0.4 is 10.6 Å². The fourth-order valence-electron chi connectivity index (χ4n) is 2.48. The lowest BCUT2D eigenvalue weighted by Crippen LogP contribution is -2.52. The van der Waals surface area contributed by atoms with Crippen molar-refractivity contribution in [3.8, 4) is 0 Å². The lowest BCUT2D eigenvalue weighted by Gasteiger charge is -2.20. The Morgan fingerprint density at radius 1 is 0.929 bits per heavy atom. The summed E-state index contributed by atoms with van der Waals surface area (Å²) in [5, 5.41) is 4.95. The average Bonchev–Trinajstić information content (AvgIpc) is 2.72. The molecule has 2 amide bonds. The van der Waals surface area contributed by atoms with E-state index in [-0.39, 0.29) is 13.0 Å². The van der Waals surface area contributed by atoms with E-state index in [1.807, 2.05) is 60.7 Å². The number of amides is 2. The summed E-state index contributed by atoms with van der Waals surface area (Å²) >= 11 is 0. The Kier molecular flexibility index (Phi) is 8.14. The van der Waals surface area contributed by atoms with Crippen molar-refractivity contribution >= 4 is 17.8 Å². The highest BCUT2D eigenvalue weighted by Gasteiger charge is 2.25. The van der Waals surface area contributed by atoms with Gasteiger partial charge in [-0.05, 0) is 18.1 Å². The van der Waals surface area contributed by atoms with Crippen LogP contribution in [-0.4, -0.2) is 36.5 Å². The highest BCUT2D eigenvalue weighted by atomic mass is 19.1. The summed E-state index contributed by atoms with van der Waals surface area (Å²) in [6, 6.07) is 16.3. The third kappa shape index (κ3) is 6.83. The molecule has 0 aliphatic heterocycles. The molecule has 0 saturated heterocycles. The molecule has 148 valence electrons. The highest BCUT2D eigenvalue weighted by molar-refractivity contribution is 5.92. The van der Waals surface area contributed by atoms with E-state index in [0.717, 1.165) is 11.1 Å². The van der Waals surface area contributed by atoms with Gasteiger partial charge in [0.05, 0.1) is 6.04 Å². The van der Waals surface area contributed by atoms with E-state index in [1.165, 1.54) is 6.92 Å². The Balaban J connectivity index is 2.01. The Hall–Kier alpha value is -3.22. The highest BCUT2D eigenvalue weighted by Crippen LogP contribution is 2.06. The predicted octanol–water partition coefficient (Wildman–Crippen LogP) is 2.57. The van der Waals surface area contributed by atoms with Crippen molar-refractivity contribution in [2.75, 3.05) is 6.67 Å². The minimum atomic E-state index is -1.17. The van der Waals surface area contributed by atoms with Crippen LogP contribution in [0.25, 0.3) is 0 Å². The van der Waals surface area contributed by atoms with Crippen molar-refractivity contribution in [2.24, 2.45) is 0 Å². The number of rotatable bonds is 9. The molecule has 2 aromatic carbocycles. The second-order valence-corrected chi connectivity index (χ2v) is 6.28. The summed E-state index contributed by atoms with van der Waals surface area (Å²) in [6.07, 6.45) is -0.562. The smallest absolute Gasteiger partial charge is 0.408 e. The van der Waals surface area contributed by atoms with Crippen LogP contribution in [0.1, 0.15) is 18.1 Å². The van der Waals surface area contributed by atoms with E-state index >= 15 is 0 Å². The third-order valence-electron chi connectivity index (χ3n) is 4.08. The molecule has 2 aromatic rings. The maximum atomic E-state index is 12.5. The topological polar surface area (TPSA) is 84.5 Å². The lowest BCUT2D eigenvalue weighted by molar-refractivity contribution is -0.128. The molecule has 0 heterocycles. The molecule has 0 bridgehead atoms. The number of hydrogen-bond acceptors (Lipinski definition) is 4. The largest absolute Gasteiger partial charge is 0.445 e. The van der Waals surface area contributed by atoms with Crippen LogP contribution >= 0.6 is 0 Å². The first-order chi connectivity index (χ1) is 13.5. The zero-order chi connectivity index (χ0) is 20.4. The molecule has 0 saturated carbocycles. The van der Waals surface area contributed by atoms with Crippen LogP contribution in [0.15, 0.2) is 60.7 Å². The molecule has 0 aliphatic carbocycles. The van der Waals surface area contributed by atoms with Gasteiger partial charge in [-0.3, -0.25) is 9.59 Å². The van der Waals surface area contributed by atoms with Crippen LogP contribution in [0.2, 0.25) is 0 Å². The van der Waals surface area contributed by atoms with E-state index in [4.69, 9.17) is 4.74 Å². The Morgan fingerprint density at radius 2 is 1.50 bits per heavy atom. The van der Waals surface area contributed by atoms with Crippen molar-refractivity contribution in [3.63, 3.8) is 0 Å². The van der Waals surface area contributed by atoms with Crippen molar-refractivity contribution < 1.29 is 23.5 Å². The van der Waals surface area contributed by atoms with Gasteiger partial charge in [0.2, 0.25) is 5.91 Å². The van der Waals surface area contributed by atoms with Crippen LogP contribution in [0.3, 0.4) is 0 Å². The molecule has 28 heavy (non-hydrogen) atoms. The zero-order valence-electron chi connectivity index (χ0n) is 15.6. The van der Waals surface area contributed by atoms with Gasteiger partial charge in [-0.25, -0.2) is 9.18 Å². The molecule has 7 heteroatoms. The number of benzene rings is 2. The molecule has 2 atom stereocenters. The minimum absolute atomic E-state index is 0.0586. The lowest BCUT2D eigenvalue weighted by atomic mass is 10.0. The number of carbonyl (C=O) groups is 3. The first kappa shape index (κ1) is 21.1. The van der Waals surface area contributed by atoms with Crippen LogP contribution in [0, 0.1) is 0 Å². The molecule has 0 radical (unpaired) electrons. The molecule has 0 spiro atoms. The number of nitrogens with one attached hydrogen (secondary N) is 2. The van der Waals surface area contributed by atoms with Gasteiger partial charge in [-0.2, -0.15) is 0 Å². The van der Waals surface area contributed by atoms with Crippen LogP contribution in [-0.2, 0) is 27.4 Å². The van der Waals surface area contributed by atoms with Gasteiger partial charge in [0.1, 0.15) is 19.3 Å². The Bertz CT molecular complexity index is 784. The summed E-state index contributed by atoms with van der Waals surface area (Å²) < 4.78 is 17.7. The van der Waals surface area contributed by atoms with Gasteiger partial charge < -0.3 is 15.4 Å². The molecule has 0 unspecified atom stereocenters. The fourth-order valence-corrected chi connectivity index (χ4v) is 2.48. The van der Waals surface area contributed by atoms with E-state index in [0.29, 0.717) is 0 Å². The van der Waals surface area contributed by atoms with E-state index in [2.05, 4.69) is 10.6 Å². The minimum Gasteiger partial charge on any atom is -0.445 e. The van der Waals surface area contributed by atoms with Crippen molar-refractivity contribution in [2.45, 2.75) is 32.0 Å². The van der Waals surface area contributed by atoms with Gasteiger partial charge in [0.25, 0.3) is 0 Å². The number of carbonyl (C=O) groups excluding carboxylic acids is 3. The van der Waals surface area contributed by atoms with E-state index < -0.39 is 36.5 Å². The van der Waals surface area contributed by atoms with Gasteiger partial charge in [-0.15, -0.1) is 0 Å². The maximum absolute atomic E-state index is 12.5. The van der Waals surface area contributed by atoms with Crippen molar-refractivity contribution in [1.82, 2.24) is 10.6 Å². The first-order valence-electron chi connectivity index (χ1n) is 8.89. The SMILES string of the molecule is C[C@@H](NC(=O)[C@H](Cc1ccccc1)NC(=O)OCc1ccccc1)C(=O)CF. The van der Waals surface area contributed by atoms with E-state index in [1.54, 1.807) is 0 Å². The second-order valence-electron chi connectivity index (χ2n) is 6.28. The molecule has 0 aromatic heterocycles. The number of Topliss-reactive ketones (excluding diaryl/α,β-unsaturated/α-hetero) is 1. The summed E-state index contributed by atoms with van der Waals surface area (Å²) in [7, 11) is 0. The summed E-state index contributed by atoms with van der Waals surface area (Å²) in [4.78, 5) is 36.1. The summed E-state index contributed by atoms with van der Waals surface area (Å²) in [5.74, 6) is -1.33. The van der Waals surface area contributed by atoms with Crippen molar-refractivity contribution in [1.29, 1.82) is 0 Å². The third-order valence-corrected chi connectivity index (χ3v) is 4.08. The average molecular weight is 386 g/mol. The molecule has 6 nitrogen and oxygen atoms in total. The molecule has 2 rings (SSSR count). The summed E-state index contributed by atoms with van der Waals surface area (Å²) in [5.41, 5.74) is 1.62. The molecule has 0 fully saturated rings. The van der Waals surface area contributed by atoms with Gasteiger partial charge >= 0.3 is 6.09 Å². The molecule has 2 N–H and O–H groups in total. The standard InChI is InChI=1S/C21H23FN2O4/c1-15(19(25)13-22)23-20(26)18(12-16-8-4-2-5-9-16)24-21(27)28-14-17-10-6-3-7-11-17/h2-11,15,18H,12-14H2,1H3,(H,23,26)(H,24,27)/t15-,18+/m1/s1. The van der Waals surface area contributed by atoms with Crippen LogP contribution in [0.4, 0.5) is 9.18 Å². The monoisotopic (exact) mass is 386 g/mol. The van der Waals surface area contributed by atoms with Gasteiger partial charge in [-0.1, -0.05) is 60.7 Å².